The largest absolute Gasteiger partial charge is 0.384 e. The Hall–Kier alpha value is -2.55. The molecule has 1 aliphatic heterocycles. The van der Waals surface area contributed by atoms with Gasteiger partial charge in [0, 0.05) is 18.7 Å². The van der Waals surface area contributed by atoms with Crippen molar-refractivity contribution in [3.05, 3.63) is 53.4 Å². The van der Waals surface area contributed by atoms with E-state index in [0.29, 0.717) is 11.7 Å². The van der Waals surface area contributed by atoms with Crippen molar-refractivity contribution >= 4 is 12.0 Å². The third kappa shape index (κ3) is 5.25. The third-order valence-corrected chi connectivity index (χ3v) is 4.97. The number of aliphatic hydroxyl groups is 1. The summed E-state index contributed by atoms with van der Waals surface area (Å²) in [6, 6.07) is 8.38. The fraction of sp³-hybridized carbons (Fsp3) is 0.450. The second-order valence-electron chi connectivity index (χ2n) is 7.70. The topological polar surface area (TPSA) is 104 Å². The van der Waals surface area contributed by atoms with Crippen molar-refractivity contribution in [2.24, 2.45) is 0 Å². The molecule has 1 aliphatic rings. The summed E-state index contributed by atoms with van der Waals surface area (Å²) in [6.07, 6.45) is 7.01. The highest BCUT2D eigenvalue weighted by atomic mass is 16.5. The maximum absolute atomic E-state index is 11.0. The monoisotopic (exact) mass is 385 g/mol. The first-order chi connectivity index (χ1) is 13.3. The second kappa shape index (κ2) is 8.64. The van der Waals surface area contributed by atoms with Gasteiger partial charge in [0.05, 0.1) is 12.7 Å². The van der Waals surface area contributed by atoms with E-state index in [1.54, 1.807) is 25.4 Å². The molecule has 1 aromatic heterocycles. The van der Waals surface area contributed by atoms with Gasteiger partial charge in [-0.15, -0.1) is 5.10 Å². The van der Waals surface area contributed by atoms with Gasteiger partial charge in [-0.3, -0.25) is 19.6 Å². The van der Waals surface area contributed by atoms with Crippen LogP contribution < -0.4 is 5.48 Å². The van der Waals surface area contributed by atoms with Gasteiger partial charge in [0.25, 0.3) is 5.91 Å². The van der Waals surface area contributed by atoms with Crippen molar-refractivity contribution in [3.8, 4) is 0 Å². The molecule has 8 heteroatoms. The highest BCUT2D eigenvalue weighted by Crippen LogP contribution is 2.22. The summed E-state index contributed by atoms with van der Waals surface area (Å²) in [5, 5.41) is 26.8. The summed E-state index contributed by atoms with van der Waals surface area (Å²) in [5.74, 6) is -0.551. The van der Waals surface area contributed by atoms with Crippen molar-refractivity contribution in [1.29, 1.82) is 0 Å². The maximum atomic E-state index is 11.0. The van der Waals surface area contributed by atoms with Crippen molar-refractivity contribution < 1.29 is 15.1 Å². The number of benzene rings is 1. The molecule has 8 nitrogen and oxygen atoms in total. The van der Waals surface area contributed by atoms with Gasteiger partial charge >= 0.3 is 0 Å². The lowest BCUT2D eigenvalue weighted by Gasteiger charge is -2.24. The molecule has 1 atom stereocenters. The Labute approximate surface area is 164 Å². The van der Waals surface area contributed by atoms with Gasteiger partial charge < -0.3 is 5.11 Å². The zero-order valence-electron chi connectivity index (χ0n) is 16.2. The number of rotatable bonds is 7. The van der Waals surface area contributed by atoms with Crippen molar-refractivity contribution in [2.75, 3.05) is 6.54 Å². The number of carbonyl (C=O) groups excluding carboxylic acids is 1. The Kier molecular flexibility index (Phi) is 6.23. The molecule has 3 rings (SSSR count). The van der Waals surface area contributed by atoms with Crippen LogP contribution in [0.25, 0.3) is 6.08 Å². The molecule has 2 heterocycles. The van der Waals surface area contributed by atoms with Crippen molar-refractivity contribution in [3.63, 3.8) is 0 Å². The van der Waals surface area contributed by atoms with E-state index < -0.39 is 11.5 Å². The molecule has 3 N–H and O–H groups in total. The predicted molar refractivity (Wildman–Crippen MR) is 104 cm³/mol. The Morgan fingerprint density at radius 1 is 1.36 bits per heavy atom. The number of hydrogen-bond acceptors (Lipinski definition) is 6. The second-order valence-corrected chi connectivity index (χ2v) is 7.70. The Morgan fingerprint density at radius 3 is 2.75 bits per heavy atom. The Balaban J connectivity index is 1.60. The molecule has 0 radical (unpaired) electrons. The first-order valence-corrected chi connectivity index (χ1v) is 9.43. The number of hydrogen-bond donors (Lipinski definition) is 3. The van der Waals surface area contributed by atoms with E-state index in [4.69, 9.17) is 5.21 Å². The number of likely N-dealkylation sites (tertiary alicyclic amines) is 1. The molecule has 1 saturated heterocycles. The summed E-state index contributed by atoms with van der Waals surface area (Å²) in [4.78, 5) is 13.5. The van der Waals surface area contributed by atoms with Crippen LogP contribution in [-0.2, 0) is 23.5 Å². The molecule has 2 aromatic rings. The van der Waals surface area contributed by atoms with E-state index in [1.165, 1.54) is 11.6 Å². The van der Waals surface area contributed by atoms with Crippen LogP contribution in [0.3, 0.4) is 0 Å². The smallest absolute Gasteiger partial charge is 0.267 e. The highest BCUT2D eigenvalue weighted by molar-refractivity contribution is 5.90. The molecule has 1 amide bonds. The molecule has 150 valence electrons. The van der Waals surface area contributed by atoms with Gasteiger partial charge in [0.2, 0.25) is 0 Å². The SMILES string of the molecule is CC(C)(O)c1cn(C[C@H]2CCCN2Cc2ccc(/C=C/C(=O)NO)cc2)nn1. The van der Waals surface area contributed by atoms with Crippen LogP contribution >= 0.6 is 0 Å². The van der Waals surface area contributed by atoms with Crippen molar-refractivity contribution in [2.45, 2.75) is 51.4 Å². The minimum Gasteiger partial charge on any atom is -0.384 e. The maximum Gasteiger partial charge on any atom is 0.267 e. The first kappa shape index (κ1) is 20.2. The minimum absolute atomic E-state index is 0.379. The van der Waals surface area contributed by atoms with Gasteiger partial charge in [-0.2, -0.15) is 0 Å². The van der Waals surface area contributed by atoms with Gasteiger partial charge in [0.15, 0.2) is 0 Å². The van der Waals surface area contributed by atoms with E-state index in [1.807, 2.05) is 35.1 Å². The Bertz CT molecular complexity index is 823. The first-order valence-electron chi connectivity index (χ1n) is 9.43. The van der Waals surface area contributed by atoms with E-state index in [-0.39, 0.29) is 0 Å². The van der Waals surface area contributed by atoms with Crippen molar-refractivity contribution in [1.82, 2.24) is 25.4 Å². The van der Waals surface area contributed by atoms with Crippen LogP contribution in [0.1, 0.15) is 43.5 Å². The van der Waals surface area contributed by atoms with Gasteiger partial charge in [-0.25, -0.2) is 5.48 Å². The molecule has 0 bridgehead atoms. The van der Waals surface area contributed by atoms with E-state index in [2.05, 4.69) is 15.2 Å². The molecule has 0 spiro atoms. The summed E-state index contributed by atoms with van der Waals surface area (Å²) in [6.45, 7) is 6.05. The summed E-state index contributed by atoms with van der Waals surface area (Å²) >= 11 is 0. The number of hydroxylamine groups is 1. The standard InChI is InChI=1S/C20H27N5O3/c1-20(2,27)18-14-25(23-21-18)13-17-4-3-11-24(17)12-16-7-5-15(6-8-16)9-10-19(26)22-28/h5-10,14,17,27-28H,3-4,11-13H2,1-2H3,(H,22,26)/b10-9+/t17-/m1/s1. The number of nitrogens with zero attached hydrogens (tertiary/aromatic N) is 4. The van der Waals surface area contributed by atoms with Gasteiger partial charge in [0.1, 0.15) is 11.3 Å². The number of carbonyl (C=O) groups is 1. The molecular weight excluding hydrogens is 358 g/mol. The minimum atomic E-state index is -0.984. The molecule has 0 unspecified atom stereocenters. The average Bonchev–Trinajstić information content (AvgIpc) is 3.31. The summed E-state index contributed by atoms with van der Waals surface area (Å²) in [5.41, 5.74) is 3.26. The quantitative estimate of drug-likeness (QED) is 0.381. The lowest BCUT2D eigenvalue weighted by atomic mass is 10.1. The van der Waals surface area contributed by atoms with Crippen LogP contribution in [-0.4, -0.2) is 48.7 Å². The van der Waals surface area contributed by atoms with E-state index in [0.717, 1.165) is 38.0 Å². The van der Waals surface area contributed by atoms with E-state index >= 15 is 0 Å². The van der Waals surface area contributed by atoms with Gasteiger partial charge in [-0.1, -0.05) is 29.5 Å². The number of nitrogens with one attached hydrogen (secondary N) is 1. The highest BCUT2D eigenvalue weighted by Gasteiger charge is 2.26. The molecule has 0 saturated carbocycles. The van der Waals surface area contributed by atoms with Crippen LogP contribution in [0.15, 0.2) is 36.5 Å². The third-order valence-electron chi connectivity index (χ3n) is 4.97. The van der Waals surface area contributed by atoms with Crippen LogP contribution in [0.5, 0.6) is 0 Å². The Morgan fingerprint density at radius 2 is 2.11 bits per heavy atom. The molecule has 0 aliphatic carbocycles. The average molecular weight is 385 g/mol. The summed E-state index contributed by atoms with van der Waals surface area (Å²) in [7, 11) is 0. The van der Waals surface area contributed by atoms with Gasteiger partial charge in [-0.05, 0) is 50.4 Å². The summed E-state index contributed by atoms with van der Waals surface area (Å²) < 4.78 is 1.82. The molecule has 1 aromatic carbocycles. The lowest BCUT2D eigenvalue weighted by molar-refractivity contribution is -0.124. The molecule has 1 fully saturated rings. The molecular formula is C20H27N5O3. The molecule has 28 heavy (non-hydrogen) atoms. The van der Waals surface area contributed by atoms with Crippen LogP contribution in [0.4, 0.5) is 0 Å². The normalized spacial score (nSPS) is 18.1. The zero-order valence-corrected chi connectivity index (χ0v) is 16.2. The number of amides is 1. The van der Waals surface area contributed by atoms with E-state index in [9.17, 15) is 9.90 Å². The van der Waals surface area contributed by atoms with Crippen LogP contribution in [0.2, 0.25) is 0 Å². The van der Waals surface area contributed by atoms with Crippen LogP contribution in [0, 0.1) is 0 Å². The zero-order chi connectivity index (χ0) is 20.1. The fourth-order valence-electron chi connectivity index (χ4n) is 3.37. The predicted octanol–water partition coefficient (Wildman–Crippen LogP) is 1.69. The number of aromatic nitrogens is 3. The lowest BCUT2D eigenvalue weighted by Crippen LogP contribution is -2.32. The fourth-order valence-corrected chi connectivity index (χ4v) is 3.37.